The second-order valence-electron chi connectivity index (χ2n) is 4.62. The van der Waals surface area contributed by atoms with Gasteiger partial charge in [-0.05, 0) is 49.1 Å². The molecule has 0 aliphatic heterocycles. The van der Waals surface area contributed by atoms with Crippen LogP contribution < -0.4 is 5.32 Å². The van der Waals surface area contributed by atoms with Crippen LogP contribution >= 0.6 is 11.5 Å². The molecule has 6 heteroatoms. The van der Waals surface area contributed by atoms with Crippen LogP contribution in [0, 0.1) is 5.82 Å². The Balaban J connectivity index is 2.20. The molecule has 0 aliphatic carbocycles. The minimum Gasteiger partial charge on any atom is -0.349 e. The van der Waals surface area contributed by atoms with Crippen LogP contribution in [0.3, 0.4) is 0 Å². The molecule has 2 aromatic rings. The number of amides is 1. The Labute approximate surface area is 121 Å². The van der Waals surface area contributed by atoms with E-state index in [9.17, 15) is 9.18 Å². The second-order valence-corrected chi connectivity index (χ2v) is 5.37. The molecule has 0 spiro atoms. The van der Waals surface area contributed by atoms with Crippen LogP contribution in [0.1, 0.15) is 36.4 Å². The van der Waals surface area contributed by atoms with Gasteiger partial charge in [-0.15, -0.1) is 5.10 Å². The first kappa shape index (κ1) is 14.6. The number of nitrogens with zero attached hydrogens (tertiary/aromatic N) is 2. The molecule has 4 nitrogen and oxygen atoms in total. The highest BCUT2D eigenvalue weighted by Gasteiger charge is 2.19. The van der Waals surface area contributed by atoms with E-state index in [4.69, 9.17) is 0 Å². The van der Waals surface area contributed by atoms with Gasteiger partial charge < -0.3 is 5.32 Å². The summed E-state index contributed by atoms with van der Waals surface area (Å²) in [7, 11) is 0. The lowest BCUT2D eigenvalue weighted by Crippen LogP contribution is -2.32. The lowest BCUT2D eigenvalue weighted by atomic mass is 10.1. The van der Waals surface area contributed by atoms with Crippen molar-refractivity contribution in [1.82, 2.24) is 14.9 Å². The van der Waals surface area contributed by atoms with E-state index in [-0.39, 0.29) is 17.8 Å². The first-order chi connectivity index (χ1) is 9.61. The molecule has 20 heavy (non-hydrogen) atoms. The highest BCUT2D eigenvalue weighted by molar-refractivity contribution is 7.08. The van der Waals surface area contributed by atoms with E-state index in [1.54, 1.807) is 12.1 Å². The Morgan fingerprint density at radius 2 is 2.10 bits per heavy atom. The topological polar surface area (TPSA) is 54.9 Å². The number of aromatic nitrogens is 2. The molecule has 0 aliphatic rings. The minimum absolute atomic E-state index is 0.107. The summed E-state index contributed by atoms with van der Waals surface area (Å²) < 4.78 is 16.8. The van der Waals surface area contributed by atoms with Gasteiger partial charge in [0, 0.05) is 11.6 Å². The van der Waals surface area contributed by atoms with Crippen molar-refractivity contribution >= 4 is 17.4 Å². The molecule has 0 radical (unpaired) electrons. The van der Waals surface area contributed by atoms with Crippen molar-refractivity contribution in [1.29, 1.82) is 0 Å². The van der Waals surface area contributed by atoms with Crippen molar-refractivity contribution in [3.8, 4) is 11.3 Å². The van der Waals surface area contributed by atoms with Gasteiger partial charge in [-0.2, -0.15) is 0 Å². The van der Waals surface area contributed by atoms with E-state index in [0.717, 1.165) is 24.4 Å². The molecule has 2 rings (SSSR count). The highest BCUT2D eigenvalue weighted by atomic mass is 32.1. The average Bonchev–Trinajstić information content (AvgIpc) is 2.89. The van der Waals surface area contributed by atoms with Gasteiger partial charge in [0.2, 0.25) is 0 Å². The number of hydrogen-bond donors (Lipinski definition) is 1. The third-order valence-electron chi connectivity index (χ3n) is 2.91. The normalized spacial score (nSPS) is 12.2. The zero-order chi connectivity index (χ0) is 14.5. The highest BCUT2D eigenvalue weighted by Crippen LogP contribution is 2.24. The molecule has 0 fully saturated rings. The molecule has 1 aromatic carbocycles. The van der Waals surface area contributed by atoms with E-state index in [0.29, 0.717) is 16.1 Å². The number of benzene rings is 1. The van der Waals surface area contributed by atoms with Crippen LogP contribution in [-0.2, 0) is 0 Å². The number of rotatable bonds is 5. The van der Waals surface area contributed by atoms with Gasteiger partial charge in [0.1, 0.15) is 16.4 Å². The zero-order valence-corrected chi connectivity index (χ0v) is 12.2. The van der Waals surface area contributed by atoms with Crippen LogP contribution in [0.4, 0.5) is 4.39 Å². The van der Waals surface area contributed by atoms with Crippen molar-refractivity contribution in [2.24, 2.45) is 0 Å². The number of carbonyl (C=O) groups is 1. The van der Waals surface area contributed by atoms with E-state index in [1.807, 2.05) is 6.92 Å². The van der Waals surface area contributed by atoms with Gasteiger partial charge in [0.15, 0.2) is 0 Å². The molecule has 0 saturated heterocycles. The summed E-state index contributed by atoms with van der Waals surface area (Å²) in [5, 5.41) is 6.90. The maximum Gasteiger partial charge on any atom is 0.265 e. The van der Waals surface area contributed by atoms with Crippen molar-refractivity contribution in [2.45, 2.75) is 32.7 Å². The number of halogens is 1. The number of nitrogens with one attached hydrogen (secondary N) is 1. The number of carbonyl (C=O) groups excluding carboxylic acids is 1. The van der Waals surface area contributed by atoms with E-state index >= 15 is 0 Å². The Hall–Kier alpha value is -1.82. The van der Waals surface area contributed by atoms with Crippen LogP contribution in [0.5, 0.6) is 0 Å². The molecule has 106 valence electrons. The lowest BCUT2D eigenvalue weighted by Gasteiger charge is -2.11. The summed E-state index contributed by atoms with van der Waals surface area (Å²) in [4.78, 5) is 12.7. The molecule has 1 aromatic heterocycles. The quantitative estimate of drug-likeness (QED) is 0.920. The third kappa shape index (κ3) is 3.39. The van der Waals surface area contributed by atoms with Gasteiger partial charge in [0.25, 0.3) is 5.91 Å². The lowest BCUT2D eigenvalue weighted by molar-refractivity contribution is 0.0943. The summed E-state index contributed by atoms with van der Waals surface area (Å²) in [5.41, 5.74) is 1.18. The first-order valence-corrected chi connectivity index (χ1v) is 7.28. The van der Waals surface area contributed by atoms with E-state index in [2.05, 4.69) is 21.8 Å². The van der Waals surface area contributed by atoms with Crippen LogP contribution in [0.15, 0.2) is 24.3 Å². The molecular formula is C14H16FN3OS. The Morgan fingerprint density at radius 1 is 1.40 bits per heavy atom. The van der Waals surface area contributed by atoms with Crippen LogP contribution in [0.25, 0.3) is 11.3 Å². The maximum atomic E-state index is 12.9. The fourth-order valence-corrected chi connectivity index (χ4v) is 2.52. The minimum atomic E-state index is -0.320. The summed E-state index contributed by atoms with van der Waals surface area (Å²) in [6, 6.07) is 5.98. The van der Waals surface area contributed by atoms with Gasteiger partial charge in [0.05, 0.1) is 0 Å². The van der Waals surface area contributed by atoms with E-state index < -0.39 is 0 Å². The van der Waals surface area contributed by atoms with Gasteiger partial charge in [-0.3, -0.25) is 4.79 Å². The van der Waals surface area contributed by atoms with Crippen molar-refractivity contribution in [3.63, 3.8) is 0 Å². The van der Waals surface area contributed by atoms with Crippen molar-refractivity contribution in [3.05, 3.63) is 35.0 Å². The molecule has 1 heterocycles. The van der Waals surface area contributed by atoms with E-state index in [1.165, 1.54) is 12.1 Å². The molecule has 1 atom stereocenters. The smallest absolute Gasteiger partial charge is 0.265 e. The zero-order valence-electron chi connectivity index (χ0n) is 11.4. The Bertz CT molecular complexity index is 582. The predicted octanol–water partition coefficient (Wildman–Crippen LogP) is 3.26. The van der Waals surface area contributed by atoms with Crippen LogP contribution in [-0.4, -0.2) is 21.5 Å². The number of hydrogen-bond acceptors (Lipinski definition) is 4. The standard InChI is InChI=1S/C14H16FN3OS/c1-3-4-9(2)16-14(19)13-12(17-18-20-13)10-5-7-11(15)8-6-10/h5-9H,3-4H2,1-2H3,(H,16,19). The van der Waals surface area contributed by atoms with Crippen molar-refractivity contribution in [2.75, 3.05) is 0 Å². The maximum absolute atomic E-state index is 12.9. The fraction of sp³-hybridized carbons (Fsp3) is 0.357. The fourth-order valence-electron chi connectivity index (χ4n) is 1.93. The predicted molar refractivity (Wildman–Crippen MR) is 77.1 cm³/mol. The van der Waals surface area contributed by atoms with Gasteiger partial charge in [-0.25, -0.2) is 4.39 Å². The van der Waals surface area contributed by atoms with Crippen molar-refractivity contribution < 1.29 is 9.18 Å². The largest absolute Gasteiger partial charge is 0.349 e. The van der Waals surface area contributed by atoms with Gasteiger partial charge in [-0.1, -0.05) is 17.8 Å². The molecule has 1 unspecified atom stereocenters. The van der Waals surface area contributed by atoms with Gasteiger partial charge >= 0.3 is 0 Å². The molecule has 0 bridgehead atoms. The molecule has 1 N–H and O–H groups in total. The molecule has 1 amide bonds. The SMILES string of the molecule is CCCC(C)NC(=O)c1snnc1-c1ccc(F)cc1. The monoisotopic (exact) mass is 293 g/mol. The second kappa shape index (κ2) is 6.56. The third-order valence-corrected chi connectivity index (χ3v) is 3.64. The summed E-state index contributed by atoms with van der Waals surface area (Å²) in [5.74, 6) is -0.500. The summed E-state index contributed by atoms with van der Waals surface area (Å²) in [6.45, 7) is 4.04. The Kier molecular flexibility index (Phi) is 4.79. The molecular weight excluding hydrogens is 277 g/mol. The summed E-state index contributed by atoms with van der Waals surface area (Å²) >= 11 is 1.05. The first-order valence-electron chi connectivity index (χ1n) is 6.51. The molecule has 0 saturated carbocycles. The average molecular weight is 293 g/mol. The van der Waals surface area contributed by atoms with Crippen LogP contribution in [0.2, 0.25) is 0 Å². The summed E-state index contributed by atoms with van der Waals surface area (Å²) in [6.07, 6.45) is 1.93. The Morgan fingerprint density at radius 3 is 2.75 bits per heavy atom.